The average Bonchev–Trinajstić information content (AvgIpc) is 2.35. The van der Waals surface area contributed by atoms with Gasteiger partial charge in [0.1, 0.15) is 10.8 Å². The first-order valence-electron chi connectivity index (χ1n) is 5.73. The molecule has 0 aliphatic rings. The number of hydrogen-bond donors (Lipinski definition) is 1. The molecule has 2 aromatic rings. The summed E-state index contributed by atoms with van der Waals surface area (Å²) in [6.45, 7) is 2.72. The van der Waals surface area contributed by atoms with Crippen LogP contribution in [-0.4, -0.2) is 12.0 Å². The zero-order chi connectivity index (χ0) is 13.0. The van der Waals surface area contributed by atoms with Gasteiger partial charge in [0.2, 0.25) is 5.88 Å². The first-order valence-corrected chi connectivity index (χ1v) is 6.11. The monoisotopic (exact) mass is 262 g/mol. The molecule has 1 aromatic heterocycles. The highest BCUT2D eigenvalue weighted by Gasteiger charge is 2.07. The number of para-hydroxylation sites is 1. The molecule has 0 atom stereocenters. The molecule has 4 heteroatoms. The second kappa shape index (κ2) is 5.85. The van der Waals surface area contributed by atoms with E-state index in [1.807, 2.05) is 44.3 Å². The number of nitrogens with one attached hydrogen (secondary N) is 1. The van der Waals surface area contributed by atoms with E-state index in [9.17, 15) is 0 Å². The Labute approximate surface area is 112 Å². The van der Waals surface area contributed by atoms with Crippen molar-refractivity contribution in [1.29, 1.82) is 0 Å². The predicted octanol–water partition coefficient (Wildman–Crippen LogP) is 3.56. The zero-order valence-electron chi connectivity index (χ0n) is 10.4. The van der Waals surface area contributed by atoms with Crippen LogP contribution in [0.4, 0.5) is 0 Å². The van der Waals surface area contributed by atoms with E-state index >= 15 is 0 Å². The predicted molar refractivity (Wildman–Crippen MR) is 73.3 cm³/mol. The summed E-state index contributed by atoms with van der Waals surface area (Å²) >= 11 is 6.15. The first-order chi connectivity index (χ1) is 8.70. The maximum Gasteiger partial charge on any atom is 0.238 e. The smallest absolute Gasteiger partial charge is 0.238 e. The first kappa shape index (κ1) is 12.9. The van der Waals surface area contributed by atoms with Crippen LogP contribution in [-0.2, 0) is 6.54 Å². The molecule has 0 aliphatic heterocycles. The number of halogens is 1. The van der Waals surface area contributed by atoms with Crippen LogP contribution in [0.3, 0.4) is 0 Å². The van der Waals surface area contributed by atoms with Gasteiger partial charge in [-0.05, 0) is 37.2 Å². The molecule has 0 unspecified atom stereocenters. The van der Waals surface area contributed by atoms with Crippen molar-refractivity contribution in [3.8, 4) is 11.6 Å². The lowest BCUT2D eigenvalue weighted by molar-refractivity contribution is 0.459. The average molecular weight is 263 g/mol. The van der Waals surface area contributed by atoms with E-state index in [0.29, 0.717) is 10.9 Å². The lowest BCUT2D eigenvalue weighted by atomic mass is 10.2. The molecule has 1 aromatic carbocycles. The standard InChI is InChI=1S/C14H15ClN2O/c1-10-5-3-4-6-13(10)18-14-12(15)7-11(8-16-2)9-17-14/h3-7,9,16H,8H2,1-2H3. The number of nitrogens with zero attached hydrogens (tertiary/aromatic N) is 1. The van der Waals surface area contributed by atoms with Gasteiger partial charge in [0.15, 0.2) is 0 Å². The third kappa shape index (κ3) is 3.00. The van der Waals surface area contributed by atoms with Crippen molar-refractivity contribution < 1.29 is 4.74 Å². The van der Waals surface area contributed by atoms with Crippen molar-refractivity contribution in [2.75, 3.05) is 7.05 Å². The fraction of sp³-hybridized carbons (Fsp3) is 0.214. The third-order valence-corrected chi connectivity index (χ3v) is 2.82. The van der Waals surface area contributed by atoms with E-state index in [0.717, 1.165) is 23.4 Å². The molecule has 0 saturated heterocycles. The molecule has 94 valence electrons. The molecule has 3 nitrogen and oxygen atoms in total. The van der Waals surface area contributed by atoms with Gasteiger partial charge in [0, 0.05) is 12.7 Å². The largest absolute Gasteiger partial charge is 0.437 e. The summed E-state index contributed by atoms with van der Waals surface area (Å²) in [7, 11) is 1.88. The van der Waals surface area contributed by atoms with Crippen molar-refractivity contribution in [3.63, 3.8) is 0 Å². The Kier molecular flexibility index (Phi) is 4.18. The number of aryl methyl sites for hydroxylation is 1. The van der Waals surface area contributed by atoms with Gasteiger partial charge in [0.05, 0.1) is 0 Å². The van der Waals surface area contributed by atoms with Crippen molar-refractivity contribution >= 4 is 11.6 Å². The second-order valence-corrected chi connectivity index (χ2v) is 4.44. The molecule has 0 radical (unpaired) electrons. The van der Waals surface area contributed by atoms with Crippen molar-refractivity contribution in [1.82, 2.24) is 10.3 Å². The normalized spacial score (nSPS) is 10.4. The van der Waals surface area contributed by atoms with Gasteiger partial charge in [-0.25, -0.2) is 4.98 Å². The Hall–Kier alpha value is -1.58. The minimum atomic E-state index is 0.436. The summed E-state index contributed by atoms with van der Waals surface area (Å²) in [5.41, 5.74) is 2.08. The Morgan fingerprint density at radius 1 is 1.33 bits per heavy atom. The SMILES string of the molecule is CNCc1cnc(Oc2ccccc2C)c(Cl)c1. The fourth-order valence-electron chi connectivity index (χ4n) is 1.62. The molecular weight excluding hydrogens is 248 g/mol. The molecule has 2 rings (SSSR count). The van der Waals surface area contributed by atoms with Gasteiger partial charge in [-0.3, -0.25) is 0 Å². The van der Waals surface area contributed by atoms with E-state index in [4.69, 9.17) is 16.3 Å². The highest BCUT2D eigenvalue weighted by Crippen LogP contribution is 2.29. The van der Waals surface area contributed by atoms with Crippen LogP contribution < -0.4 is 10.1 Å². The fourth-order valence-corrected chi connectivity index (χ4v) is 1.84. The molecule has 18 heavy (non-hydrogen) atoms. The summed E-state index contributed by atoms with van der Waals surface area (Å²) < 4.78 is 5.71. The number of pyridine rings is 1. The Morgan fingerprint density at radius 3 is 2.78 bits per heavy atom. The molecule has 0 fully saturated rings. The van der Waals surface area contributed by atoms with Gasteiger partial charge in [-0.15, -0.1) is 0 Å². The van der Waals surface area contributed by atoms with Gasteiger partial charge >= 0.3 is 0 Å². The van der Waals surface area contributed by atoms with E-state index in [1.165, 1.54) is 0 Å². The summed E-state index contributed by atoms with van der Waals surface area (Å²) in [5, 5.41) is 3.57. The Bertz CT molecular complexity index is 543. The summed E-state index contributed by atoms with van der Waals surface area (Å²) in [5.74, 6) is 1.21. The van der Waals surface area contributed by atoms with E-state index in [2.05, 4.69) is 10.3 Å². The minimum Gasteiger partial charge on any atom is -0.437 e. The molecule has 0 aliphatic carbocycles. The maximum absolute atomic E-state index is 6.15. The van der Waals surface area contributed by atoms with Gasteiger partial charge in [-0.2, -0.15) is 0 Å². The molecule has 0 saturated carbocycles. The van der Waals surface area contributed by atoms with Gasteiger partial charge in [0.25, 0.3) is 0 Å². The number of aromatic nitrogens is 1. The molecular formula is C14H15ClN2O. The van der Waals surface area contributed by atoms with E-state index < -0.39 is 0 Å². The quantitative estimate of drug-likeness (QED) is 0.915. The number of ether oxygens (including phenoxy) is 1. The van der Waals surface area contributed by atoms with Crippen LogP contribution in [0.1, 0.15) is 11.1 Å². The zero-order valence-corrected chi connectivity index (χ0v) is 11.2. The maximum atomic E-state index is 6.15. The summed E-state index contributed by atoms with van der Waals surface area (Å²) in [6.07, 6.45) is 1.76. The third-order valence-electron chi connectivity index (χ3n) is 2.55. The van der Waals surface area contributed by atoms with E-state index in [1.54, 1.807) is 6.20 Å². The molecule has 0 bridgehead atoms. The summed E-state index contributed by atoms with van der Waals surface area (Å²) in [4.78, 5) is 4.24. The van der Waals surface area contributed by atoms with Crippen molar-refractivity contribution in [3.05, 3.63) is 52.7 Å². The van der Waals surface area contributed by atoms with Crippen LogP contribution in [0.5, 0.6) is 11.6 Å². The lowest BCUT2D eigenvalue weighted by Crippen LogP contribution is -2.05. The molecule has 0 amide bonds. The topological polar surface area (TPSA) is 34.2 Å². The lowest BCUT2D eigenvalue weighted by Gasteiger charge is -2.09. The van der Waals surface area contributed by atoms with Crippen LogP contribution in [0.25, 0.3) is 0 Å². The summed E-state index contributed by atoms with van der Waals surface area (Å²) in [6, 6.07) is 9.63. The highest BCUT2D eigenvalue weighted by molar-refractivity contribution is 6.31. The number of rotatable bonds is 4. The molecule has 1 N–H and O–H groups in total. The number of benzene rings is 1. The van der Waals surface area contributed by atoms with Crippen LogP contribution in [0.15, 0.2) is 36.5 Å². The Balaban J connectivity index is 2.22. The van der Waals surface area contributed by atoms with Crippen LogP contribution in [0, 0.1) is 6.92 Å². The van der Waals surface area contributed by atoms with Crippen molar-refractivity contribution in [2.45, 2.75) is 13.5 Å². The van der Waals surface area contributed by atoms with Gasteiger partial charge < -0.3 is 10.1 Å². The molecule has 0 spiro atoms. The van der Waals surface area contributed by atoms with E-state index in [-0.39, 0.29) is 0 Å². The van der Waals surface area contributed by atoms with Crippen molar-refractivity contribution in [2.24, 2.45) is 0 Å². The second-order valence-electron chi connectivity index (χ2n) is 4.03. The van der Waals surface area contributed by atoms with Crippen LogP contribution in [0.2, 0.25) is 5.02 Å². The Morgan fingerprint density at radius 2 is 2.11 bits per heavy atom. The van der Waals surface area contributed by atoms with Gasteiger partial charge in [-0.1, -0.05) is 29.8 Å². The minimum absolute atomic E-state index is 0.436. The number of hydrogen-bond acceptors (Lipinski definition) is 3. The van der Waals surface area contributed by atoms with Crippen LogP contribution >= 0.6 is 11.6 Å². The highest BCUT2D eigenvalue weighted by atomic mass is 35.5. The molecule has 1 heterocycles.